The van der Waals surface area contributed by atoms with Crippen LogP contribution in [0.4, 0.5) is 5.69 Å². The number of pyridine rings is 1. The Morgan fingerprint density at radius 1 is 0.786 bits per heavy atom. The van der Waals surface area contributed by atoms with E-state index in [0.29, 0.717) is 0 Å². The summed E-state index contributed by atoms with van der Waals surface area (Å²) in [6, 6.07) is 17.8. The average Bonchev–Trinajstić information content (AvgIpc) is 2.70. The highest BCUT2D eigenvalue weighted by atomic mass is 35.5. The first kappa shape index (κ1) is 20.2. The van der Waals surface area contributed by atoms with Gasteiger partial charge >= 0.3 is 0 Å². The molecule has 3 aromatic rings. The number of hydrogen-bond acceptors (Lipinski definition) is 6. The van der Waals surface area contributed by atoms with E-state index in [1.807, 2.05) is 0 Å². The van der Waals surface area contributed by atoms with Gasteiger partial charge in [0.1, 0.15) is 0 Å². The van der Waals surface area contributed by atoms with E-state index in [1.54, 1.807) is 18.2 Å². The van der Waals surface area contributed by atoms with Crippen LogP contribution in [0.2, 0.25) is 5.15 Å². The average molecular weight is 435 g/mol. The highest BCUT2D eigenvalue weighted by Gasteiger charge is 2.38. The number of hydrogen-bond donors (Lipinski definition) is 0. The minimum absolute atomic E-state index is 0.0340. The van der Waals surface area contributed by atoms with E-state index in [0.717, 1.165) is 6.21 Å². The maximum absolute atomic E-state index is 13.1. The molecule has 6 nitrogen and oxygen atoms in total. The van der Waals surface area contributed by atoms with Crippen LogP contribution < -0.4 is 0 Å². The summed E-state index contributed by atoms with van der Waals surface area (Å²) in [4.78, 5) is 7.62. The smallest absolute Gasteiger partial charge is 0.206 e. The van der Waals surface area contributed by atoms with Gasteiger partial charge in [0.15, 0.2) is 5.15 Å². The predicted molar refractivity (Wildman–Crippen MR) is 108 cm³/mol. The van der Waals surface area contributed by atoms with Crippen LogP contribution in [0.5, 0.6) is 0 Å². The number of benzene rings is 2. The monoisotopic (exact) mass is 434 g/mol. The molecule has 0 N–H and O–H groups in total. The fourth-order valence-corrected chi connectivity index (χ4v) is 6.65. The number of sulfone groups is 2. The Hall–Kier alpha value is -2.55. The quantitative estimate of drug-likeness (QED) is 0.435. The summed E-state index contributed by atoms with van der Waals surface area (Å²) < 4.78 is 50.6. The van der Waals surface area contributed by atoms with Crippen molar-refractivity contribution in [2.75, 3.05) is 0 Å². The summed E-state index contributed by atoms with van der Waals surface area (Å²) in [7, 11) is -8.58. The fraction of sp³-hybridized carbons (Fsp3) is 0.0526. The fourth-order valence-electron chi connectivity index (χ4n) is 2.43. The normalized spacial score (nSPS) is 12.5. The van der Waals surface area contributed by atoms with Gasteiger partial charge in [-0.05, 0) is 36.4 Å². The van der Waals surface area contributed by atoms with E-state index in [1.165, 1.54) is 60.8 Å². The molecule has 3 rings (SSSR count). The molecule has 0 bridgehead atoms. The van der Waals surface area contributed by atoms with Crippen LogP contribution >= 0.6 is 11.6 Å². The molecule has 0 aliphatic rings. The first-order chi connectivity index (χ1) is 13.3. The molecule has 2 aromatic carbocycles. The van der Waals surface area contributed by atoms with Crippen molar-refractivity contribution < 1.29 is 16.8 Å². The molecule has 0 saturated carbocycles. The van der Waals surface area contributed by atoms with E-state index in [2.05, 4.69) is 9.98 Å². The maximum Gasteiger partial charge on any atom is 0.206 e. The van der Waals surface area contributed by atoms with Crippen LogP contribution in [0.15, 0.2) is 93.8 Å². The highest BCUT2D eigenvalue weighted by Crippen LogP contribution is 2.27. The summed E-state index contributed by atoms with van der Waals surface area (Å²) in [5, 5.41) is 0.0340. The third kappa shape index (κ3) is 4.14. The van der Waals surface area contributed by atoms with Crippen molar-refractivity contribution in [3.05, 3.63) is 84.1 Å². The highest BCUT2D eigenvalue weighted by molar-refractivity contribution is 8.10. The Morgan fingerprint density at radius 3 is 1.75 bits per heavy atom. The van der Waals surface area contributed by atoms with Crippen molar-refractivity contribution in [1.29, 1.82) is 0 Å². The van der Waals surface area contributed by atoms with Gasteiger partial charge in [-0.15, -0.1) is 0 Å². The van der Waals surface area contributed by atoms with E-state index < -0.39 is 24.3 Å². The number of rotatable bonds is 6. The molecular formula is C19H15ClN2O4S2. The van der Waals surface area contributed by atoms with Crippen LogP contribution in [0, 0.1) is 0 Å². The molecule has 0 spiro atoms. The van der Waals surface area contributed by atoms with Gasteiger partial charge in [-0.2, -0.15) is 0 Å². The summed E-state index contributed by atoms with van der Waals surface area (Å²) >= 11 is 5.95. The van der Waals surface area contributed by atoms with Gasteiger partial charge < -0.3 is 0 Å². The van der Waals surface area contributed by atoms with Gasteiger partial charge in [0.2, 0.25) is 24.3 Å². The van der Waals surface area contributed by atoms with Gasteiger partial charge in [-0.3, -0.25) is 4.99 Å². The standard InChI is InChI=1S/C19H15ClN2O4S2/c20-19-17(12-7-13-21-19)22-14-18(27(23,24)15-8-3-1-4-9-15)28(25,26)16-10-5-2-6-11-16/h1-14,18H. The first-order valence-corrected chi connectivity index (χ1v) is 11.5. The molecule has 0 radical (unpaired) electrons. The zero-order valence-corrected chi connectivity index (χ0v) is 16.8. The molecule has 9 heteroatoms. The SMILES string of the molecule is O=S(=O)(c1ccccc1)C(C=Nc1cccnc1Cl)S(=O)(=O)c1ccccc1. The van der Waals surface area contributed by atoms with Crippen molar-refractivity contribution in [2.45, 2.75) is 14.4 Å². The molecule has 0 amide bonds. The van der Waals surface area contributed by atoms with Gasteiger partial charge in [0, 0.05) is 12.4 Å². The maximum atomic E-state index is 13.1. The zero-order valence-electron chi connectivity index (χ0n) is 14.4. The lowest BCUT2D eigenvalue weighted by molar-refractivity contribution is 0.584. The second kappa shape index (κ2) is 8.22. The molecule has 0 aliphatic heterocycles. The molecule has 28 heavy (non-hydrogen) atoms. The minimum Gasteiger partial charge on any atom is -0.256 e. The molecule has 1 aromatic heterocycles. The minimum atomic E-state index is -4.29. The molecule has 0 aliphatic carbocycles. The molecule has 144 valence electrons. The number of aliphatic imine (C=N–C) groups is 1. The van der Waals surface area contributed by atoms with Crippen molar-refractivity contribution in [2.24, 2.45) is 4.99 Å². The van der Waals surface area contributed by atoms with Crippen molar-refractivity contribution >= 4 is 43.2 Å². The molecule has 0 fully saturated rings. The second-order valence-electron chi connectivity index (χ2n) is 5.68. The Balaban J connectivity index is 2.16. The summed E-state index contributed by atoms with van der Waals surface area (Å²) in [5.74, 6) is 0. The first-order valence-electron chi connectivity index (χ1n) is 8.06. The summed E-state index contributed by atoms with van der Waals surface area (Å²) in [6.07, 6.45) is 2.33. The van der Waals surface area contributed by atoms with E-state index in [4.69, 9.17) is 11.6 Å². The third-order valence-electron chi connectivity index (χ3n) is 3.83. The topological polar surface area (TPSA) is 93.5 Å². The van der Waals surface area contributed by atoms with Crippen LogP contribution in [-0.2, 0) is 19.7 Å². The van der Waals surface area contributed by atoms with Crippen molar-refractivity contribution in [3.63, 3.8) is 0 Å². The molecule has 0 unspecified atom stereocenters. The zero-order chi connectivity index (χ0) is 20.2. The summed E-state index contributed by atoms with van der Waals surface area (Å²) in [5.41, 5.74) is 0.167. The molecule has 0 saturated heterocycles. The lowest BCUT2D eigenvalue weighted by Crippen LogP contribution is -2.32. The van der Waals surface area contributed by atoms with Gasteiger partial charge in [0.25, 0.3) is 0 Å². The van der Waals surface area contributed by atoms with Crippen LogP contribution in [-0.4, -0.2) is 32.6 Å². The lowest BCUT2D eigenvalue weighted by Gasteiger charge is -2.15. The van der Waals surface area contributed by atoms with Gasteiger partial charge in [-0.1, -0.05) is 48.0 Å². The van der Waals surface area contributed by atoms with E-state index in [9.17, 15) is 16.8 Å². The third-order valence-corrected chi connectivity index (χ3v) is 8.97. The predicted octanol–water partition coefficient (Wildman–Crippen LogP) is 3.71. The van der Waals surface area contributed by atoms with Crippen molar-refractivity contribution in [1.82, 2.24) is 4.98 Å². The Bertz CT molecular complexity index is 1130. The van der Waals surface area contributed by atoms with Gasteiger partial charge in [-0.25, -0.2) is 21.8 Å². The summed E-state index contributed by atoms with van der Waals surface area (Å²) in [6.45, 7) is 0. The van der Waals surface area contributed by atoms with Crippen LogP contribution in [0.1, 0.15) is 0 Å². The van der Waals surface area contributed by atoms with Gasteiger partial charge in [0.05, 0.1) is 15.5 Å². The van der Waals surface area contributed by atoms with Crippen molar-refractivity contribution in [3.8, 4) is 0 Å². The number of halogens is 1. The molecule has 1 heterocycles. The largest absolute Gasteiger partial charge is 0.256 e. The number of aromatic nitrogens is 1. The van der Waals surface area contributed by atoms with E-state index in [-0.39, 0.29) is 20.6 Å². The Kier molecular flexibility index (Phi) is 5.93. The second-order valence-corrected chi connectivity index (χ2v) is 10.5. The van der Waals surface area contributed by atoms with Crippen LogP contribution in [0.3, 0.4) is 0 Å². The Labute approximate surface area is 168 Å². The van der Waals surface area contributed by atoms with Crippen LogP contribution in [0.25, 0.3) is 0 Å². The van der Waals surface area contributed by atoms with E-state index >= 15 is 0 Å². The Morgan fingerprint density at radius 2 is 1.29 bits per heavy atom. The number of nitrogens with zero attached hydrogens (tertiary/aromatic N) is 2. The molecule has 0 atom stereocenters. The molecular weight excluding hydrogens is 420 g/mol. The lowest BCUT2D eigenvalue weighted by atomic mass is 10.4.